The van der Waals surface area contributed by atoms with Crippen LogP contribution in [0.1, 0.15) is 13.3 Å². The summed E-state index contributed by atoms with van der Waals surface area (Å²) in [6, 6.07) is -0.490. The highest BCUT2D eigenvalue weighted by atomic mass is 16.4. The smallest absolute Gasteiger partial charge is 0.408 e. The third kappa shape index (κ3) is 2.18. The topological polar surface area (TPSA) is 69.6 Å². The van der Waals surface area contributed by atoms with Crippen LogP contribution in [0, 0.1) is 0 Å². The second kappa shape index (κ2) is 4.23. The highest BCUT2D eigenvalue weighted by Gasteiger charge is 2.30. The molecule has 0 aliphatic carbocycles. The van der Waals surface area contributed by atoms with Gasteiger partial charge in [0, 0.05) is 26.1 Å². The van der Waals surface area contributed by atoms with Gasteiger partial charge in [-0.15, -0.1) is 0 Å². The minimum absolute atomic E-state index is 0.0189. The van der Waals surface area contributed by atoms with Gasteiger partial charge in [-0.2, -0.15) is 0 Å². The normalized spacial score (nSPS) is 22.8. The van der Waals surface area contributed by atoms with Crippen LogP contribution >= 0.6 is 0 Å². The molecule has 1 unspecified atom stereocenters. The SMILES string of the molecule is CCC(=O)C1CNCCN1C(=O)O. The number of Topliss-reactive ketones (excluding diaryl/α,β-unsaturated/α-hetero) is 1. The molecule has 1 saturated heterocycles. The Labute approximate surface area is 76.7 Å². The fourth-order valence-electron chi connectivity index (χ4n) is 1.46. The molecule has 1 heterocycles. The van der Waals surface area contributed by atoms with E-state index in [2.05, 4.69) is 5.32 Å². The van der Waals surface area contributed by atoms with Crippen molar-refractivity contribution in [3.05, 3.63) is 0 Å². The second-order valence-corrected chi connectivity index (χ2v) is 3.02. The Balaban J connectivity index is 2.67. The number of ketones is 1. The third-order valence-corrected chi connectivity index (χ3v) is 2.21. The lowest BCUT2D eigenvalue weighted by molar-refractivity contribution is -0.123. The minimum Gasteiger partial charge on any atom is -0.465 e. The Kier molecular flexibility index (Phi) is 3.25. The maximum absolute atomic E-state index is 11.3. The molecule has 1 rings (SSSR count). The average Bonchev–Trinajstić information content (AvgIpc) is 2.16. The van der Waals surface area contributed by atoms with E-state index in [4.69, 9.17) is 5.11 Å². The monoisotopic (exact) mass is 186 g/mol. The molecule has 0 bridgehead atoms. The van der Waals surface area contributed by atoms with Crippen LogP contribution in [0.2, 0.25) is 0 Å². The Morgan fingerprint density at radius 2 is 2.31 bits per heavy atom. The number of piperazine rings is 1. The molecule has 2 N–H and O–H groups in total. The molecule has 74 valence electrons. The Morgan fingerprint density at radius 1 is 1.62 bits per heavy atom. The summed E-state index contributed by atoms with van der Waals surface area (Å²) >= 11 is 0. The van der Waals surface area contributed by atoms with Crippen LogP contribution in [-0.2, 0) is 4.79 Å². The first kappa shape index (κ1) is 9.98. The van der Waals surface area contributed by atoms with Gasteiger partial charge in [0.2, 0.25) is 0 Å². The Hall–Kier alpha value is -1.10. The molecule has 0 spiro atoms. The van der Waals surface area contributed by atoms with Gasteiger partial charge in [-0.1, -0.05) is 6.92 Å². The first-order chi connectivity index (χ1) is 6.16. The molecule has 0 aromatic rings. The number of amides is 1. The number of hydrogen-bond donors (Lipinski definition) is 2. The molecule has 1 fully saturated rings. The molecule has 1 aliphatic rings. The van der Waals surface area contributed by atoms with Crippen molar-refractivity contribution in [1.29, 1.82) is 0 Å². The van der Waals surface area contributed by atoms with E-state index in [1.165, 1.54) is 4.90 Å². The molecule has 5 nitrogen and oxygen atoms in total. The van der Waals surface area contributed by atoms with Gasteiger partial charge in [0.25, 0.3) is 0 Å². The number of nitrogens with zero attached hydrogens (tertiary/aromatic N) is 1. The number of rotatable bonds is 2. The van der Waals surface area contributed by atoms with Crippen molar-refractivity contribution in [2.75, 3.05) is 19.6 Å². The summed E-state index contributed by atoms with van der Waals surface area (Å²) in [6.07, 6.45) is -0.621. The molecule has 1 atom stereocenters. The second-order valence-electron chi connectivity index (χ2n) is 3.02. The minimum atomic E-state index is -1.01. The van der Waals surface area contributed by atoms with Crippen molar-refractivity contribution in [2.45, 2.75) is 19.4 Å². The highest BCUT2D eigenvalue weighted by Crippen LogP contribution is 2.06. The number of carbonyl (C=O) groups excluding carboxylic acids is 1. The number of carboxylic acid groups (broad SMARTS) is 1. The zero-order chi connectivity index (χ0) is 9.84. The Morgan fingerprint density at radius 3 is 2.85 bits per heavy atom. The summed E-state index contributed by atoms with van der Waals surface area (Å²) in [4.78, 5) is 23.3. The molecule has 0 aromatic heterocycles. The summed E-state index contributed by atoms with van der Waals surface area (Å²) < 4.78 is 0. The number of nitrogens with one attached hydrogen (secondary N) is 1. The highest BCUT2D eigenvalue weighted by molar-refractivity contribution is 5.87. The van der Waals surface area contributed by atoms with E-state index >= 15 is 0 Å². The lowest BCUT2D eigenvalue weighted by Gasteiger charge is -2.32. The van der Waals surface area contributed by atoms with Crippen LogP contribution in [0.3, 0.4) is 0 Å². The van der Waals surface area contributed by atoms with Gasteiger partial charge in [0.05, 0.1) is 0 Å². The van der Waals surface area contributed by atoms with Crippen LogP contribution in [-0.4, -0.2) is 47.6 Å². The van der Waals surface area contributed by atoms with Crippen LogP contribution in [0.5, 0.6) is 0 Å². The van der Waals surface area contributed by atoms with E-state index in [-0.39, 0.29) is 5.78 Å². The fraction of sp³-hybridized carbons (Fsp3) is 0.750. The molecular weight excluding hydrogens is 172 g/mol. The average molecular weight is 186 g/mol. The molecule has 0 saturated carbocycles. The van der Waals surface area contributed by atoms with Gasteiger partial charge in [0.15, 0.2) is 5.78 Å². The van der Waals surface area contributed by atoms with Crippen molar-refractivity contribution >= 4 is 11.9 Å². The maximum atomic E-state index is 11.3. The van der Waals surface area contributed by atoms with Crippen LogP contribution in [0.4, 0.5) is 4.79 Å². The van der Waals surface area contributed by atoms with Crippen LogP contribution in [0.15, 0.2) is 0 Å². The summed E-state index contributed by atoms with van der Waals surface area (Å²) in [5.41, 5.74) is 0. The predicted molar refractivity (Wildman–Crippen MR) is 46.7 cm³/mol. The summed E-state index contributed by atoms with van der Waals surface area (Å²) in [5, 5.41) is 11.8. The van der Waals surface area contributed by atoms with Crippen molar-refractivity contribution in [2.24, 2.45) is 0 Å². The van der Waals surface area contributed by atoms with E-state index in [1.807, 2.05) is 0 Å². The van der Waals surface area contributed by atoms with Gasteiger partial charge >= 0.3 is 6.09 Å². The fourth-order valence-corrected chi connectivity index (χ4v) is 1.46. The largest absolute Gasteiger partial charge is 0.465 e. The molecule has 1 aliphatic heterocycles. The van der Waals surface area contributed by atoms with E-state index in [0.717, 1.165) is 0 Å². The predicted octanol–water partition coefficient (Wildman–Crippen LogP) is -0.0827. The van der Waals surface area contributed by atoms with Gasteiger partial charge in [0.1, 0.15) is 6.04 Å². The van der Waals surface area contributed by atoms with E-state index in [0.29, 0.717) is 26.1 Å². The summed E-state index contributed by atoms with van der Waals surface area (Å²) in [5.74, 6) is -0.0189. The van der Waals surface area contributed by atoms with E-state index in [9.17, 15) is 9.59 Å². The lowest BCUT2D eigenvalue weighted by atomic mass is 10.1. The van der Waals surface area contributed by atoms with E-state index < -0.39 is 12.1 Å². The van der Waals surface area contributed by atoms with Crippen LogP contribution in [0.25, 0.3) is 0 Å². The van der Waals surface area contributed by atoms with Crippen molar-refractivity contribution in [3.63, 3.8) is 0 Å². The first-order valence-electron chi connectivity index (χ1n) is 4.39. The first-order valence-corrected chi connectivity index (χ1v) is 4.39. The molecule has 1 amide bonds. The number of hydrogen-bond acceptors (Lipinski definition) is 3. The molecule has 5 heteroatoms. The van der Waals surface area contributed by atoms with Crippen molar-refractivity contribution < 1.29 is 14.7 Å². The number of carbonyl (C=O) groups is 2. The lowest BCUT2D eigenvalue weighted by Crippen LogP contribution is -2.56. The van der Waals surface area contributed by atoms with Crippen molar-refractivity contribution in [3.8, 4) is 0 Å². The van der Waals surface area contributed by atoms with Crippen LogP contribution < -0.4 is 5.32 Å². The molecule has 0 aromatic carbocycles. The standard InChI is InChI=1S/C8H14N2O3/c1-2-7(11)6-5-9-3-4-10(6)8(12)13/h6,9H,2-5H2,1H3,(H,12,13). The zero-order valence-corrected chi connectivity index (χ0v) is 7.62. The van der Waals surface area contributed by atoms with Crippen molar-refractivity contribution in [1.82, 2.24) is 10.2 Å². The van der Waals surface area contributed by atoms with Gasteiger partial charge in [-0.25, -0.2) is 4.79 Å². The quantitative estimate of drug-likeness (QED) is 0.632. The molecular formula is C8H14N2O3. The van der Waals surface area contributed by atoms with E-state index in [1.54, 1.807) is 6.92 Å². The van der Waals surface area contributed by atoms with Gasteiger partial charge < -0.3 is 10.4 Å². The van der Waals surface area contributed by atoms with Gasteiger partial charge in [-0.3, -0.25) is 9.69 Å². The zero-order valence-electron chi connectivity index (χ0n) is 7.62. The summed E-state index contributed by atoms with van der Waals surface area (Å²) in [7, 11) is 0. The summed E-state index contributed by atoms with van der Waals surface area (Å²) in [6.45, 7) is 3.21. The maximum Gasteiger partial charge on any atom is 0.408 e. The third-order valence-electron chi connectivity index (χ3n) is 2.21. The Bertz CT molecular complexity index is 217. The van der Waals surface area contributed by atoms with Gasteiger partial charge in [-0.05, 0) is 0 Å². The molecule has 0 radical (unpaired) electrons. The molecule has 13 heavy (non-hydrogen) atoms.